The molecule has 0 fully saturated rings. The largest absolute Gasteiger partial charge is 0.396 e. The van der Waals surface area contributed by atoms with E-state index in [9.17, 15) is 5.11 Å². The van der Waals surface area contributed by atoms with Gasteiger partial charge in [-0.25, -0.2) is 0 Å². The smallest absolute Gasteiger partial charge is 0.0500 e. The predicted molar refractivity (Wildman–Crippen MR) is 67.0 cm³/mol. The van der Waals surface area contributed by atoms with Gasteiger partial charge in [-0.15, -0.1) is 0 Å². The monoisotopic (exact) mass is 305 g/mol. The van der Waals surface area contributed by atoms with E-state index in [1.165, 1.54) is 0 Å². The Morgan fingerprint density at radius 2 is 2.00 bits per heavy atom. The van der Waals surface area contributed by atoms with Gasteiger partial charge >= 0.3 is 0 Å². The van der Waals surface area contributed by atoms with Crippen LogP contribution < -0.4 is 5.73 Å². The number of rotatable bonds is 3. The van der Waals surface area contributed by atoms with Crippen LogP contribution in [0.5, 0.6) is 0 Å². The van der Waals surface area contributed by atoms with Crippen LogP contribution >= 0.6 is 22.6 Å². The summed E-state index contributed by atoms with van der Waals surface area (Å²) in [5, 5.41) is 9.23. The van der Waals surface area contributed by atoms with E-state index in [-0.39, 0.29) is 18.1 Å². The van der Waals surface area contributed by atoms with Crippen molar-refractivity contribution in [1.29, 1.82) is 0 Å². The van der Waals surface area contributed by atoms with Crippen molar-refractivity contribution in [2.24, 2.45) is 11.1 Å². The molecule has 14 heavy (non-hydrogen) atoms. The zero-order chi connectivity index (χ0) is 10.8. The quantitative estimate of drug-likeness (QED) is 0.842. The number of benzene rings is 1. The van der Waals surface area contributed by atoms with Gasteiger partial charge in [-0.1, -0.05) is 32.0 Å². The van der Waals surface area contributed by atoms with Gasteiger partial charge in [0, 0.05) is 21.6 Å². The molecule has 1 rings (SSSR count). The van der Waals surface area contributed by atoms with Gasteiger partial charge < -0.3 is 10.8 Å². The van der Waals surface area contributed by atoms with E-state index in [4.69, 9.17) is 5.73 Å². The lowest BCUT2D eigenvalue weighted by Gasteiger charge is -2.30. The first kappa shape index (κ1) is 11.9. The van der Waals surface area contributed by atoms with Gasteiger partial charge in [0.05, 0.1) is 0 Å². The fraction of sp³-hybridized carbons (Fsp3) is 0.455. The molecule has 0 radical (unpaired) electrons. The fourth-order valence-corrected chi connectivity index (χ4v) is 1.97. The molecule has 3 N–H and O–H groups in total. The molecule has 0 saturated heterocycles. The van der Waals surface area contributed by atoms with Crippen molar-refractivity contribution in [2.45, 2.75) is 19.9 Å². The Labute approximate surface area is 98.7 Å². The Balaban J connectivity index is 3.00. The van der Waals surface area contributed by atoms with Gasteiger partial charge in [-0.3, -0.25) is 0 Å². The van der Waals surface area contributed by atoms with Crippen LogP contribution in [0.4, 0.5) is 0 Å². The highest BCUT2D eigenvalue weighted by atomic mass is 127. The third-order valence-corrected chi connectivity index (χ3v) is 3.47. The molecule has 0 aliphatic heterocycles. The minimum absolute atomic E-state index is 0.0964. The minimum atomic E-state index is -0.277. The highest BCUT2D eigenvalue weighted by Gasteiger charge is 2.27. The van der Waals surface area contributed by atoms with Crippen molar-refractivity contribution in [3.8, 4) is 0 Å². The van der Waals surface area contributed by atoms with Crippen LogP contribution in [0.25, 0.3) is 0 Å². The minimum Gasteiger partial charge on any atom is -0.396 e. The molecule has 0 spiro atoms. The standard InChI is InChI=1S/C11H16INO/c1-11(2,7-14)10(13)8-5-3-4-6-9(8)12/h3-6,10,14H,7,13H2,1-2H3. The van der Waals surface area contributed by atoms with E-state index in [2.05, 4.69) is 22.6 Å². The molecule has 0 bridgehead atoms. The van der Waals surface area contributed by atoms with E-state index in [1.54, 1.807) is 0 Å². The Bertz CT molecular complexity index is 312. The SMILES string of the molecule is CC(C)(CO)C(N)c1ccccc1I. The summed E-state index contributed by atoms with van der Waals surface area (Å²) >= 11 is 2.27. The van der Waals surface area contributed by atoms with Crippen molar-refractivity contribution in [1.82, 2.24) is 0 Å². The second kappa shape index (κ2) is 4.59. The lowest BCUT2D eigenvalue weighted by atomic mass is 9.82. The molecule has 0 aliphatic carbocycles. The zero-order valence-corrected chi connectivity index (χ0v) is 10.7. The van der Waals surface area contributed by atoms with Crippen LogP contribution in [0.15, 0.2) is 24.3 Å². The molecule has 1 atom stereocenters. The molecular formula is C11H16INO. The summed E-state index contributed by atoms with van der Waals surface area (Å²) in [5.74, 6) is 0. The first-order valence-corrected chi connectivity index (χ1v) is 5.68. The number of aliphatic hydroxyl groups excluding tert-OH is 1. The van der Waals surface area contributed by atoms with Gasteiger partial charge in [0.1, 0.15) is 0 Å². The Morgan fingerprint density at radius 3 is 2.50 bits per heavy atom. The Morgan fingerprint density at radius 1 is 1.43 bits per heavy atom. The summed E-state index contributed by atoms with van der Waals surface area (Å²) in [6, 6.07) is 7.89. The summed E-state index contributed by atoms with van der Waals surface area (Å²) in [6.07, 6.45) is 0. The predicted octanol–water partition coefficient (Wildman–Crippen LogP) is 2.31. The highest BCUT2D eigenvalue weighted by Crippen LogP contribution is 2.32. The highest BCUT2D eigenvalue weighted by molar-refractivity contribution is 14.1. The Kier molecular flexibility index (Phi) is 3.92. The second-order valence-electron chi connectivity index (χ2n) is 4.15. The van der Waals surface area contributed by atoms with Crippen molar-refractivity contribution >= 4 is 22.6 Å². The average molecular weight is 305 g/mol. The first-order chi connectivity index (χ1) is 6.49. The fourth-order valence-electron chi connectivity index (χ4n) is 1.25. The summed E-state index contributed by atoms with van der Waals surface area (Å²) in [5.41, 5.74) is 6.95. The molecule has 2 nitrogen and oxygen atoms in total. The van der Waals surface area contributed by atoms with Crippen LogP contribution in [0, 0.1) is 8.99 Å². The van der Waals surface area contributed by atoms with Crippen molar-refractivity contribution in [3.05, 3.63) is 33.4 Å². The lowest BCUT2D eigenvalue weighted by Crippen LogP contribution is -2.32. The van der Waals surface area contributed by atoms with Crippen LogP contribution in [-0.2, 0) is 0 Å². The molecular weight excluding hydrogens is 289 g/mol. The van der Waals surface area contributed by atoms with Crippen LogP contribution in [0.2, 0.25) is 0 Å². The zero-order valence-electron chi connectivity index (χ0n) is 8.50. The molecule has 0 heterocycles. The topological polar surface area (TPSA) is 46.2 Å². The molecule has 0 amide bonds. The van der Waals surface area contributed by atoms with Crippen molar-refractivity contribution in [3.63, 3.8) is 0 Å². The van der Waals surface area contributed by atoms with E-state index in [1.807, 2.05) is 38.1 Å². The molecule has 78 valence electrons. The molecule has 1 aromatic carbocycles. The molecule has 1 aromatic rings. The number of nitrogens with two attached hydrogens (primary N) is 1. The molecule has 0 aromatic heterocycles. The number of hydrogen-bond donors (Lipinski definition) is 2. The van der Waals surface area contributed by atoms with Crippen molar-refractivity contribution in [2.75, 3.05) is 6.61 Å². The molecule has 1 unspecified atom stereocenters. The summed E-state index contributed by atoms with van der Waals surface area (Å²) < 4.78 is 1.15. The van der Waals surface area contributed by atoms with Gasteiger partial charge in [0.15, 0.2) is 0 Å². The lowest BCUT2D eigenvalue weighted by molar-refractivity contribution is 0.132. The van der Waals surface area contributed by atoms with Gasteiger partial charge in [0.25, 0.3) is 0 Å². The van der Waals surface area contributed by atoms with Crippen LogP contribution in [-0.4, -0.2) is 11.7 Å². The number of aliphatic hydroxyl groups is 1. The average Bonchev–Trinajstić information content (AvgIpc) is 2.17. The van der Waals surface area contributed by atoms with E-state index < -0.39 is 0 Å². The van der Waals surface area contributed by atoms with E-state index >= 15 is 0 Å². The number of hydrogen-bond acceptors (Lipinski definition) is 2. The second-order valence-corrected chi connectivity index (χ2v) is 5.31. The summed E-state index contributed by atoms with van der Waals surface area (Å²) in [6.45, 7) is 4.04. The number of halogens is 1. The van der Waals surface area contributed by atoms with Gasteiger partial charge in [-0.05, 0) is 34.2 Å². The molecule has 3 heteroatoms. The normalized spacial score (nSPS) is 14.1. The molecule has 0 saturated carbocycles. The maximum absolute atomic E-state index is 9.23. The third kappa shape index (κ3) is 2.46. The van der Waals surface area contributed by atoms with Crippen LogP contribution in [0.1, 0.15) is 25.5 Å². The summed E-state index contributed by atoms with van der Waals surface area (Å²) in [7, 11) is 0. The van der Waals surface area contributed by atoms with E-state index in [0.29, 0.717) is 0 Å². The molecule has 0 aliphatic rings. The summed E-state index contributed by atoms with van der Waals surface area (Å²) in [4.78, 5) is 0. The van der Waals surface area contributed by atoms with Crippen molar-refractivity contribution < 1.29 is 5.11 Å². The van der Waals surface area contributed by atoms with Gasteiger partial charge in [0.2, 0.25) is 0 Å². The Hall–Kier alpha value is -0.130. The maximum atomic E-state index is 9.23. The van der Waals surface area contributed by atoms with E-state index in [0.717, 1.165) is 9.13 Å². The third-order valence-electron chi connectivity index (χ3n) is 2.49. The maximum Gasteiger partial charge on any atom is 0.0500 e. The first-order valence-electron chi connectivity index (χ1n) is 4.60. The van der Waals surface area contributed by atoms with Crippen LogP contribution in [0.3, 0.4) is 0 Å². The van der Waals surface area contributed by atoms with Gasteiger partial charge in [-0.2, -0.15) is 0 Å².